The Morgan fingerprint density at radius 3 is 0.786 bits per heavy atom. The predicted molar refractivity (Wildman–Crippen MR) is 99.6 cm³/mol. The molecule has 0 saturated carbocycles. The molecule has 0 saturated heterocycles. The van der Waals surface area contributed by atoms with Crippen LogP contribution in [0.2, 0.25) is 0 Å². The van der Waals surface area contributed by atoms with Crippen LogP contribution >= 0.6 is 0 Å². The first-order chi connectivity index (χ1) is 13.9. The zero-order chi connectivity index (χ0) is 20.4. The Labute approximate surface area is 167 Å². The molecule has 10 heteroatoms. The van der Waals surface area contributed by atoms with E-state index in [1.807, 2.05) is 0 Å². The number of hydrogen-bond donors (Lipinski definition) is 1. The van der Waals surface area contributed by atoms with Crippen LogP contribution in [0.25, 0.3) is 0 Å². The second kappa shape index (κ2) is 26.6. The number of rotatable bonds is 25. The van der Waals surface area contributed by atoms with E-state index in [0.717, 1.165) is 0 Å². The van der Waals surface area contributed by atoms with Crippen molar-refractivity contribution in [3.63, 3.8) is 0 Å². The molecule has 0 unspecified atom stereocenters. The standard InChI is InChI=1S/C18H37FO9/c19-1-3-21-5-7-23-9-11-25-13-15-27-17-18-28-16-14-26-12-10-24-8-6-22-4-2-20/h20H,1-18H2. The van der Waals surface area contributed by atoms with Crippen LogP contribution in [0.5, 0.6) is 0 Å². The second-order valence-electron chi connectivity index (χ2n) is 5.31. The van der Waals surface area contributed by atoms with Gasteiger partial charge < -0.3 is 43.0 Å². The monoisotopic (exact) mass is 416 g/mol. The van der Waals surface area contributed by atoms with Gasteiger partial charge in [-0.1, -0.05) is 0 Å². The molecule has 170 valence electrons. The molecule has 0 aliphatic carbocycles. The van der Waals surface area contributed by atoms with Gasteiger partial charge in [0.1, 0.15) is 6.67 Å². The van der Waals surface area contributed by atoms with Crippen molar-refractivity contribution in [1.29, 1.82) is 0 Å². The summed E-state index contributed by atoms with van der Waals surface area (Å²) < 4.78 is 53.7. The Balaban J connectivity index is 2.96. The van der Waals surface area contributed by atoms with Crippen LogP contribution in [0.1, 0.15) is 0 Å². The molecule has 0 amide bonds. The van der Waals surface area contributed by atoms with E-state index < -0.39 is 6.67 Å². The van der Waals surface area contributed by atoms with E-state index in [1.54, 1.807) is 0 Å². The molecule has 0 aromatic heterocycles. The number of aliphatic hydroxyl groups is 1. The van der Waals surface area contributed by atoms with Gasteiger partial charge in [0, 0.05) is 0 Å². The van der Waals surface area contributed by atoms with E-state index in [0.29, 0.717) is 99.1 Å². The lowest BCUT2D eigenvalue weighted by atomic mass is 10.6. The van der Waals surface area contributed by atoms with Gasteiger partial charge in [0.15, 0.2) is 0 Å². The van der Waals surface area contributed by atoms with Crippen molar-refractivity contribution in [1.82, 2.24) is 0 Å². The summed E-state index contributed by atoms with van der Waals surface area (Å²) in [4.78, 5) is 0. The van der Waals surface area contributed by atoms with Crippen molar-refractivity contribution in [2.24, 2.45) is 0 Å². The van der Waals surface area contributed by atoms with Crippen LogP contribution < -0.4 is 0 Å². The third-order valence-corrected chi connectivity index (χ3v) is 3.06. The van der Waals surface area contributed by atoms with E-state index in [1.165, 1.54) is 0 Å². The minimum absolute atomic E-state index is 0.0267. The molecular formula is C18H37FO9. The Morgan fingerprint density at radius 2 is 0.571 bits per heavy atom. The van der Waals surface area contributed by atoms with E-state index in [9.17, 15) is 4.39 Å². The molecule has 0 bridgehead atoms. The summed E-state index contributed by atoms with van der Waals surface area (Å²) in [5.41, 5.74) is 0. The molecule has 0 aromatic rings. The maximum atomic E-state index is 11.7. The molecule has 0 atom stereocenters. The van der Waals surface area contributed by atoms with E-state index in [2.05, 4.69) is 0 Å². The minimum atomic E-state index is -0.471. The number of ether oxygens (including phenoxy) is 8. The lowest BCUT2D eigenvalue weighted by Gasteiger charge is -2.08. The van der Waals surface area contributed by atoms with E-state index in [4.69, 9.17) is 43.0 Å². The summed E-state index contributed by atoms with van der Waals surface area (Å²) in [6.45, 7) is 6.79. The fourth-order valence-electron chi connectivity index (χ4n) is 1.76. The van der Waals surface area contributed by atoms with Gasteiger partial charge in [-0.05, 0) is 0 Å². The summed E-state index contributed by atoms with van der Waals surface area (Å²) in [6, 6.07) is 0. The molecular weight excluding hydrogens is 379 g/mol. The molecule has 28 heavy (non-hydrogen) atoms. The number of aliphatic hydroxyl groups excluding tert-OH is 1. The lowest BCUT2D eigenvalue weighted by Crippen LogP contribution is -2.15. The largest absolute Gasteiger partial charge is 0.394 e. The van der Waals surface area contributed by atoms with Crippen LogP contribution in [0.4, 0.5) is 4.39 Å². The lowest BCUT2D eigenvalue weighted by molar-refractivity contribution is -0.0240. The van der Waals surface area contributed by atoms with Crippen molar-refractivity contribution < 1.29 is 47.4 Å². The van der Waals surface area contributed by atoms with Crippen LogP contribution in [-0.2, 0) is 37.9 Å². The number of alkyl halides is 1. The highest BCUT2D eigenvalue weighted by Gasteiger charge is 1.95. The molecule has 9 nitrogen and oxygen atoms in total. The summed E-state index contributed by atoms with van der Waals surface area (Å²) in [7, 11) is 0. The normalized spacial score (nSPS) is 11.4. The topological polar surface area (TPSA) is 94.1 Å². The zero-order valence-electron chi connectivity index (χ0n) is 16.8. The third kappa shape index (κ3) is 25.6. The molecule has 0 aromatic carbocycles. The first-order valence-electron chi connectivity index (χ1n) is 9.70. The molecule has 0 heterocycles. The smallest absolute Gasteiger partial charge is 0.113 e. The molecule has 0 aliphatic heterocycles. The summed E-state index contributed by atoms with van der Waals surface area (Å²) in [5, 5.41) is 8.52. The van der Waals surface area contributed by atoms with Gasteiger partial charge >= 0.3 is 0 Å². The summed E-state index contributed by atoms with van der Waals surface area (Å²) >= 11 is 0. The first-order valence-corrected chi connectivity index (χ1v) is 9.70. The quantitative estimate of drug-likeness (QED) is 0.208. The Morgan fingerprint density at radius 1 is 0.357 bits per heavy atom. The van der Waals surface area contributed by atoms with Crippen molar-refractivity contribution in [2.75, 3.05) is 119 Å². The highest BCUT2D eigenvalue weighted by atomic mass is 19.1. The van der Waals surface area contributed by atoms with Gasteiger partial charge in [-0.15, -0.1) is 0 Å². The highest BCUT2D eigenvalue weighted by Crippen LogP contribution is 1.85. The van der Waals surface area contributed by atoms with Gasteiger partial charge in [0.2, 0.25) is 0 Å². The van der Waals surface area contributed by atoms with Crippen molar-refractivity contribution >= 4 is 0 Å². The summed E-state index contributed by atoms with van der Waals surface area (Å²) in [6.07, 6.45) is 0. The Bertz CT molecular complexity index is 249. The average Bonchev–Trinajstić information content (AvgIpc) is 2.71. The van der Waals surface area contributed by atoms with Gasteiger partial charge in [0.25, 0.3) is 0 Å². The van der Waals surface area contributed by atoms with Gasteiger partial charge in [-0.2, -0.15) is 0 Å². The van der Waals surface area contributed by atoms with Crippen molar-refractivity contribution in [2.45, 2.75) is 0 Å². The van der Waals surface area contributed by atoms with Crippen LogP contribution in [0.15, 0.2) is 0 Å². The number of hydrogen-bond acceptors (Lipinski definition) is 9. The molecule has 0 spiro atoms. The molecule has 1 N–H and O–H groups in total. The van der Waals surface area contributed by atoms with Crippen LogP contribution in [-0.4, -0.2) is 124 Å². The van der Waals surface area contributed by atoms with E-state index in [-0.39, 0.29) is 13.2 Å². The maximum absolute atomic E-state index is 11.7. The Hall–Kier alpha value is -0.430. The fourth-order valence-corrected chi connectivity index (χ4v) is 1.76. The molecule has 0 aliphatic rings. The second-order valence-corrected chi connectivity index (χ2v) is 5.31. The van der Waals surface area contributed by atoms with Gasteiger partial charge in [-0.3, -0.25) is 0 Å². The minimum Gasteiger partial charge on any atom is -0.394 e. The van der Waals surface area contributed by atoms with Gasteiger partial charge in [0.05, 0.1) is 112 Å². The van der Waals surface area contributed by atoms with Gasteiger partial charge in [-0.25, -0.2) is 4.39 Å². The molecule has 0 rings (SSSR count). The molecule has 0 fully saturated rings. The predicted octanol–water partition coefficient (Wildman–Crippen LogP) is 0.0810. The van der Waals surface area contributed by atoms with Crippen LogP contribution in [0, 0.1) is 0 Å². The fraction of sp³-hybridized carbons (Fsp3) is 1.00. The zero-order valence-corrected chi connectivity index (χ0v) is 16.8. The van der Waals surface area contributed by atoms with Crippen molar-refractivity contribution in [3.05, 3.63) is 0 Å². The third-order valence-electron chi connectivity index (χ3n) is 3.06. The molecule has 0 radical (unpaired) electrons. The first kappa shape index (κ1) is 27.6. The van der Waals surface area contributed by atoms with Crippen LogP contribution in [0.3, 0.4) is 0 Å². The average molecular weight is 416 g/mol. The summed E-state index contributed by atoms with van der Waals surface area (Å²) in [5.74, 6) is 0. The van der Waals surface area contributed by atoms with E-state index >= 15 is 0 Å². The highest BCUT2D eigenvalue weighted by molar-refractivity contribution is 4.37. The SMILES string of the molecule is OCCOCCOCCOCCOCCOCCOCCOCCOCCF. The maximum Gasteiger partial charge on any atom is 0.113 e. The van der Waals surface area contributed by atoms with Crippen molar-refractivity contribution in [3.8, 4) is 0 Å². The Kier molecular flexibility index (Phi) is 26.2. The number of halogens is 1.